The van der Waals surface area contributed by atoms with Crippen LogP contribution in [-0.4, -0.2) is 43.0 Å². The van der Waals surface area contributed by atoms with E-state index >= 15 is 0 Å². The predicted molar refractivity (Wildman–Crippen MR) is 88.3 cm³/mol. The molecule has 3 heteroatoms. The molecule has 1 aromatic rings. The van der Waals surface area contributed by atoms with Crippen LogP contribution in [0.2, 0.25) is 0 Å². The molecule has 2 aliphatic rings. The Labute approximate surface area is 133 Å². The number of rotatable bonds is 5. The van der Waals surface area contributed by atoms with Crippen LogP contribution in [-0.2, 0) is 11.2 Å². The monoisotopic (exact) mass is 301 g/mol. The Morgan fingerprint density at radius 3 is 2.41 bits per heavy atom. The van der Waals surface area contributed by atoms with E-state index in [2.05, 4.69) is 31.0 Å². The number of benzene rings is 1. The zero-order valence-electron chi connectivity index (χ0n) is 13.8. The van der Waals surface area contributed by atoms with Crippen LogP contribution in [0.25, 0.3) is 0 Å². The van der Waals surface area contributed by atoms with Crippen LogP contribution in [0.1, 0.15) is 48.5 Å². The first-order valence-electron chi connectivity index (χ1n) is 8.62. The topological polar surface area (TPSA) is 29.5 Å². The largest absolute Gasteiger partial charge is 0.378 e. The molecule has 0 amide bonds. The molecule has 2 bridgehead atoms. The quantitative estimate of drug-likeness (QED) is 0.781. The highest BCUT2D eigenvalue weighted by Crippen LogP contribution is 2.32. The summed E-state index contributed by atoms with van der Waals surface area (Å²) in [6.07, 6.45) is 5.40. The number of morpholine rings is 1. The summed E-state index contributed by atoms with van der Waals surface area (Å²) in [5.74, 6) is 0.489. The third-order valence-electron chi connectivity index (χ3n) is 5.31. The van der Waals surface area contributed by atoms with Gasteiger partial charge in [-0.25, -0.2) is 0 Å². The predicted octanol–water partition coefficient (Wildman–Crippen LogP) is 3.32. The molecule has 1 aromatic carbocycles. The summed E-state index contributed by atoms with van der Waals surface area (Å²) in [4.78, 5) is 15.2. The van der Waals surface area contributed by atoms with Crippen LogP contribution in [0, 0.1) is 5.92 Å². The fraction of sp³-hybridized carbons (Fsp3) is 0.632. The van der Waals surface area contributed by atoms with Gasteiger partial charge in [-0.05, 0) is 38.3 Å². The first-order chi connectivity index (χ1) is 10.7. The van der Waals surface area contributed by atoms with Crippen molar-refractivity contribution in [3.05, 3.63) is 35.4 Å². The number of hydrogen-bond acceptors (Lipinski definition) is 3. The molecule has 0 aromatic heterocycles. The molecule has 2 aliphatic heterocycles. The van der Waals surface area contributed by atoms with Crippen LogP contribution in [0.15, 0.2) is 24.3 Å². The highest BCUT2D eigenvalue weighted by atomic mass is 16.5. The zero-order valence-corrected chi connectivity index (χ0v) is 13.8. The summed E-state index contributed by atoms with van der Waals surface area (Å²) in [6, 6.07) is 9.12. The van der Waals surface area contributed by atoms with Gasteiger partial charge in [0, 0.05) is 23.6 Å². The number of piperidine rings is 1. The molecule has 0 N–H and O–H groups in total. The van der Waals surface area contributed by atoms with Gasteiger partial charge in [0.1, 0.15) is 0 Å². The fourth-order valence-corrected chi connectivity index (χ4v) is 3.76. The number of Topliss-reactive ketones (excluding diaryl/α,β-unsaturated/α-hetero) is 1. The number of carbonyl (C=O) groups excluding carboxylic acids is 1. The Morgan fingerprint density at radius 2 is 1.82 bits per heavy atom. The molecule has 120 valence electrons. The van der Waals surface area contributed by atoms with Gasteiger partial charge in [0.15, 0.2) is 5.78 Å². The molecule has 2 saturated heterocycles. The van der Waals surface area contributed by atoms with Gasteiger partial charge in [-0.15, -0.1) is 0 Å². The highest BCUT2D eigenvalue weighted by Gasteiger charge is 2.39. The molecule has 0 saturated carbocycles. The number of ketones is 1. The van der Waals surface area contributed by atoms with Gasteiger partial charge in [-0.1, -0.05) is 37.6 Å². The van der Waals surface area contributed by atoms with Gasteiger partial charge < -0.3 is 4.74 Å². The lowest BCUT2D eigenvalue weighted by Crippen LogP contribution is -2.55. The number of carbonyl (C=O) groups is 1. The molecule has 0 radical (unpaired) electrons. The standard InChI is InChI=1S/C19H27NO2/c1-3-4-5-14-6-8-15(9-7-14)19(21)16-10-17-12-22-13-18(11-16)20(17)2/h6-9,16-18H,3-5,10-13H2,1-2H3. The average Bonchev–Trinajstić information content (AvgIpc) is 2.52. The van der Waals surface area contributed by atoms with E-state index in [0.29, 0.717) is 17.9 Å². The number of hydrogen-bond donors (Lipinski definition) is 0. The molecule has 0 spiro atoms. The van der Waals surface area contributed by atoms with Gasteiger partial charge >= 0.3 is 0 Å². The van der Waals surface area contributed by atoms with Crippen molar-refractivity contribution in [1.82, 2.24) is 4.90 Å². The number of ether oxygens (including phenoxy) is 1. The van der Waals surface area contributed by atoms with Gasteiger partial charge in [0.05, 0.1) is 13.2 Å². The third-order valence-corrected chi connectivity index (χ3v) is 5.31. The molecule has 0 aliphatic carbocycles. The van der Waals surface area contributed by atoms with Crippen LogP contribution < -0.4 is 0 Å². The van der Waals surface area contributed by atoms with Gasteiger partial charge in [-0.3, -0.25) is 9.69 Å². The highest BCUT2D eigenvalue weighted by molar-refractivity contribution is 5.98. The molecule has 3 rings (SSSR count). The molecular weight excluding hydrogens is 274 g/mol. The van der Waals surface area contributed by atoms with E-state index in [0.717, 1.165) is 38.0 Å². The van der Waals surface area contributed by atoms with Crippen LogP contribution in [0.3, 0.4) is 0 Å². The van der Waals surface area contributed by atoms with Crippen molar-refractivity contribution in [1.29, 1.82) is 0 Å². The van der Waals surface area contributed by atoms with Crippen molar-refractivity contribution < 1.29 is 9.53 Å². The summed E-state index contributed by atoms with van der Waals surface area (Å²) in [6.45, 7) is 3.75. The van der Waals surface area contributed by atoms with E-state index in [4.69, 9.17) is 4.74 Å². The van der Waals surface area contributed by atoms with Crippen molar-refractivity contribution in [2.45, 2.75) is 51.1 Å². The maximum Gasteiger partial charge on any atom is 0.166 e. The van der Waals surface area contributed by atoms with Crippen LogP contribution >= 0.6 is 0 Å². The maximum absolute atomic E-state index is 12.8. The lowest BCUT2D eigenvalue weighted by Gasteiger charge is -2.46. The molecule has 2 fully saturated rings. The second kappa shape index (κ2) is 6.93. The molecular formula is C19H27NO2. The number of likely N-dealkylation sites (N-methyl/N-ethyl adjacent to an activating group) is 1. The summed E-state index contributed by atoms with van der Waals surface area (Å²) in [5.41, 5.74) is 2.22. The number of fused-ring (bicyclic) bond motifs is 2. The fourth-order valence-electron chi connectivity index (χ4n) is 3.76. The molecule has 2 unspecified atom stereocenters. The SMILES string of the molecule is CCCCc1ccc(C(=O)C2CC3COCC(C2)N3C)cc1. The van der Waals surface area contributed by atoms with Crippen LogP contribution in [0.5, 0.6) is 0 Å². The Hall–Kier alpha value is -1.19. The molecule has 2 atom stereocenters. The third kappa shape index (κ3) is 3.26. The molecule has 22 heavy (non-hydrogen) atoms. The van der Waals surface area contributed by atoms with E-state index < -0.39 is 0 Å². The van der Waals surface area contributed by atoms with Gasteiger partial charge in [0.2, 0.25) is 0 Å². The zero-order chi connectivity index (χ0) is 15.5. The summed E-state index contributed by atoms with van der Waals surface area (Å²) >= 11 is 0. The second-order valence-electron chi connectivity index (χ2n) is 6.84. The summed E-state index contributed by atoms with van der Waals surface area (Å²) in [7, 11) is 2.17. The van der Waals surface area contributed by atoms with Gasteiger partial charge in [-0.2, -0.15) is 0 Å². The Kier molecular flexibility index (Phi) is 4.94. The van der Waals surface area contributed by atoms with Crippen molar-refractivity contribution in [2.75, 3.05) is 20.3 Å². The normalized spacial score (nSPS) is 28.5. The Morgan fingerprint density at radius 1 is 1.18 bits per heavy atom. The van der Waals surface area contributed by atoms with Crippen LogP contribution in [0.4, 0.5) is 0 Å². The number of unbranched alkanes of at least 4 members (excludes halogenated alkanes) is 1. The minimum atomic E-state index is 0.164. The van der Waals surface area contributed by atoms with Crippen molar-refractivity contribution in [3.8, 4) is 0 Å². The Balaban J connectivity index is 1.66. The second-order valence-corrected chi connectivity index (χ2v) is 6.84. The van der Waals surface area contributed by atoms with E-state index in [1.54, 1.807) is 0 Å². The van der Waals surface area contributed by atoms with E-state index in [1.165, 1.54) is 18.4 Å². The van der Waals surface area contributed by atoms with Crippen molar-refractivity contribution in [3.63, 3.8) is 0 Å². The number of nitrogens with zero attached hydrogens (tertiary/aromatic N) is 1. The summed E-state index contributed by atoms with van der Waals surface area (Å²) < 4.78 is 5.64. The lowest BCUT2D eigenvalue weighted by molar-refractivity contribution is -0.0702. The van der Waals surface area contributed by atoms with Crippen molar-refractivity contribution in [2.24, 2.45) is 5.92 Å². The smallest absolute Gasteiger partial charge is 0.166 e. The lowest BCUT2D eigenvalue weighted by atomic mass is 9.81. The van der Waals surface area contributed by atoms with E-state index in [-0.39, 0.29) is 5.92 Å². The Bertz CT molecular complexity index is 497. The first-order valence-corrected chi connectivity index (χ1v) is 8.62. The summed E-state index contributed by atoms with van der Waals surface area (Å²) in [5, 5.41) is 0. The van der Waals surface area contributed by atoms with E-state index in [9.17, 15) is 4.79 Å². The maximum atomic E-state index is 12.8. The minimum absolute atomic E-state index is 0.164. The molecule has 3 nitrogen and oxygen atoms in total. The van der Waals surface area contributed by atoms with Gasteiger partial charge in [0.25, 0.3) is 0 Å². The van der Waals surface area contributed by atoms with E-state index in [1.807, 2.05) is 12.1 Å². The average molecular weight is 301 g/mol. The molecule has 2 heterocycles. The number of aryl methyl sites for hydroxylation is 1. The minimum Gasteiger partial charge on any atom is -0.378 e. The first kappa shape index (κ1) is 15.7. The van der Waals surface area contributed by atoms with Crippen molar-refractivity contribution >= 4 is 5.78 Å².